The van der Waals surface area contributed by atoms with E-state index >= 15 is 0 Å². The van der Waals surface area contributed by atoms with Gasteiger partial charge in [-0.25, -0.2) is 0 Å². The molecule has 1 N–H and O–H groups in total. The van der Waals surface area contributed by atoms with Crippen molar-refractivity contribution in [3.63, 3.8) is 0 Å². The van der Waals surface area contributed by atoms with Gasteiger partial charge in [0.15, 0.2) is 0 Å². The molecule has 0 aromatic heterocycles. The van der Waals surface area contributed by atoms with Crippen LogP contribution in [0.4, 0.5) is 0 Å². The highest BCUT2D eigenvalue weighted by atomic mass is 16.2. The molecule has 4 nitrogen and oxygen atoms in total. The molecular formula is C16H31N3O. The normalized spacial score (nSPS) is 25.9. The highest BCUT2D eigenvalue weighted by molar-refractivity contribution is 5.79. The number of hydrogen-bond donors (Lipinski definition) is 1. The highest BCUT2D eigenvalue weighted by Gasteiger charge is 2.30. The van der Waals surface area contributed by atoms with Gasteiger partial charge in [-0.3, -0.25) is 9.69 Å². The summed E-state index contributed by atoms with van der Waals surface area (Å²) in [5, 5.41) is 3.39. The minimum Gasteiger partial charge on any atom is -0.336 e. The third kappa shape index (κ3) is 3.95. The number of amides is 1. The Kier molecular flexibility index (Phi) is 5.85. The molecule has 0 aromatic rings. The Labute approximate surface area is 123 Å². The molecule has 1 heterocycles. The molecule has 4 heteroatoms. The third-order valence-corrected chi connectivity index (χ3v) is 4.79. The number of piperazine rings is 1. The first-order valence-corrected chi connectivity index (χ1v) is 8.35. The van der Waals surface area contributed by atoms with Gasteiger partial charge in [0.05, 0.1) is 6.54 Å². The van der Waals surface area contributed by atoms with E-state index in [0.29, 0.717) is 30.6 Å². The summed E-state index contributed by atoms with van der Waals surface area (Å²) < 4.78 is 0. The van der Waals surface area contributed by atoms with Crippen molar-refractivity contribution in [2.24, 2.45) is 0 Å². The topological polar surface area (TPSA) is 35.6 Å². The zero-order valence-electron chi connectivity index (χ0n) is 13.4. The van der Waals surface area contributed by atoms with Crippen LogP contribution in [0.15, 0.2) is 0 Å². The lowest BCUT2D eigenvalue weighted by Crippen LogP contribution is -2.55. The molecule has 1 amide bonds. The van der Waals surface area contributed by atoms with E-state index in [4.69, 9.17) is 0 Å². The van der Waals surface area contributed by atoms with E-state index in [0.717, 1.165) is 19.6 Å². The lowest BCUT2D eigenvalue weighted by molar-refractivity contribution is -0.138. The van der Waals surface area contributed by atoms with Gasteiger partial charge in [-0.05, 0) is 33.6 Å². The first-order valence-electron chi connectivity index (χ1n) is 8.35. The van der Waals surface area contributed by atoms with Crippen LogP contribution >= 0.6 is 0 Å². The number of rotatable bonds is 4. The van der Waals surface area contributed by atoms with E-state index in [1.54, 1.807) is 0 Å². The number of carbonyl (C=O) groups excluding carboxylic acids is 1. The van der Waals surface area contributed by atoms with Crippen LogP contribution < -0.4 is 5.32 Å². The van der Waals surface area contributed by atoms with Crippen LogP contribution in [-0.2, 0) is 4.79 Å². The summed E-state index contributed by atoms with van der Waals surface area (Å²) in [5.41, 5.74) is 0. The van der Waals surface area contributed by atoms with Crippen LogP contribution in [0, 0.1) is 0 Å². The first-order chi connectivity index (χ1) is 9.59. The van der Waals surface area contributed by atoms with Gasteiger partial charge in [0, 0.05) is 37.8 Å². The molecule has 0 spiro atoms. The summed E-state index contributed by atoms with van der Waals surface area (Å²) >= 11 is 0. The van der Waals surface area contributed by atoms with E-state index in [9.17, 15) is 4.79 Å². The molecule has 0 radical (unpaired) electrons. The van der Waals surface area contributed by atoms with E-state index in [1.807, 2.05) is 0 Å². The fourth-order valence-electron chi connectivity index (χ4n) is 3.65. The van der Waals surface area contributed by atoms with Crippen molar-refractivity contribution < 1.29 is 4.79 Å². The van der Waals surface area contributed by atoms with Gasteiger partial charge in [0.2, 0.25) is 5.91 Å². The Morgan fingerprint density at radius 1 is 1.30 bits per heavy atom. The molecule has 2 aliphatic rings. The Morgan fingerprint density at radius 3 is 2.60 bits per heavy atom. The minimum absolute atomic E-state index is 0.323. The zero-order chi connectivity index (χ0) is 14.5. The van der Waals surface area contributed by atoms with Gasteiger partial charge < -0.3 is 10.2 Å². The maximum absolute atomic E-state index is 12.8. The monoisotopic (exact) mass is 281 g/mol. The standard InChI is InChI=1S/C16H31N3O/c1-13(2)19(15-7-5-4-6-8-15)16(20)12-18-10-9-17-11-14(18)3/h13-15,17H,4-12H2,1-3H3/t14-/m0/s1. The molecular weight excluding hydrogens is 250 g/mol. The van der Waals surface area contributed by atoms with Crippen LogP contribution in [0.5, 0.6) is 0 Å². The summed E-state index contributed by atoms with van der Waals surface area (Å²) in [6.45, 7) is 10.1. The van der Waals surface area contributed by atoms with Crippen molar-refractivity contribution in [3.05, 3.63) is 0 Å². The van der Waals surface area contributed by atoms with Gasteiger partial charge in [0.1, 0.15) is 0 Å². The quantitative estimate of drug-likeness (QED) is 0.854. The second-order valence-corrected chi connectivity index (χ2v) is 6.71. The van der Waals surface area contributed by atoms with Crippen LogP contribution in [0.2, 0.25) is 0 Å². The zero-order valence-corrected chi connectivity index (χ0v) is 13.4. The molecule has 2 rings (SSSR count). The van der Waals surface area contributed by atoms with Crippen molar-refractivity contribution in [1.82, 2.24) is 15.1 Å². The summed E-state index contributed by atoms with van der Waals surface area (Å²) in [6.07, 6.45) is 6.30. The highest BCUT2D eigenvalue weighted by Crippen LogP contribution is 2.24. The molecule has 1 saturated heterocycles. The van der Waals surface area contributed by atoms with Gasteiger partial charge in [0.25, 0.3) is 0 Å². The lowest BCUT2D eigenvalue weighted by atomic mass is 9.93. The summed E-state index contributed by atoms with van der Waals surface area (Å²) in [5.74, 6) is 0.334. The van der Waals surface area contributed by atoms with Crippen LogP contribution in [0.3, 0.4) is 0 Å². The summed E-state index contributed by atoms with van der Waals surface area (Å²) in [4.78, 5) is 17.3. The van der Waals surface area contributed by atoms with Crippen LogP contribution in [-0.4, -0.2) is 60.0 Å². The summed E-state index contributed by atoms with van der Waals surface area (Å²) in [7, 11) is 0. The molecule has 1 saturated carbocycles. The second kappa shape index (κ2) is 7.41. The SMILES string of the molecule is CC(C)N(C(=O)CN1CCNC[C@@H]1C)C1CCCCC1. The van der Waals surface area contributed by atoms with Crippen LogP contribution in [0.25, 0.3) is 0 Å². The maximum Gasteiger partial charge on any atom is 0.237 e. The fraction of sp³-hybridized carbons (Fsp3) is 0.938. The molecule has 0 unspecified atom stereocenters. The minimum atomic E-state index is 0.323. The average Bonchev–Trinajstić information content (AvgIpc) is 2.42. The largest absolute Gasteiger partial charge is 0.336 e. The van der Waals surface area contributed by atoms with E-state index < -0.39 is 0 Å². The van der Waals surface area contributed by atoms with E-state index in [2.05, 4.69) is 35.9 Å². The number of nitrogens with zero attached hydrogens (tertiary/aromatic N) is 2. The molecule has 20 heavy (non-hydrogen) atoms. The Hall–Kier alpha value is -0.610. The van der Waals surface area contributed by atoms with Gasteiger partial charge in [-0.2, -0.15) is 0 Å². The molecule has 1 aliphatic heterocycles. The first kappa shape index (κ1) is 15.8. The number of carbonyl (C=O) groups is 1. The van der Waals surface area contributed by atoms with Crippen molar-refractivity contribution >= 4 is 5.91 Å². The number of nitrogens with one attached hydrogen (secondary N) is 1. The Bertz CT molecular complexity index is 313. The van der Waals surface area contributed by atoms with Gasteiger partial charge >= 0.3 is 0 Å². The van der Waals surface area contributed by atoms with Crippen molar-refractivity contribution in [2.75, 3.05) is 26.2 Å². The number of hydrogen-bond acceptors (Lipinski definition) is 3. The Balaban J connectivity index is 1.95. The van der Waals surface area contributed by atoms with Crippen molar-refractivity contribution in [1.29, 1.82) is 0 Å². The maximum atomic E-state index is 12.8. The molecule has 1 aliphatic carbocycles. The predicted octanol–water partition coefficient (Wildman–Crippen LogP) is 1.85. The van der Waals surface area contributed by atoms with Gasteiger partial charge in [-0.15, -0.1) is 0 Å². The van der Waals surface area contributed by atoms with E-state index in [-0.39, 0.29) is 0 Å². The molecule has 0 bridgehead atoms. The van der Waals surface area contributed by atoms with Crippen LogP contribution in [0.1, 0.15) is 52.9 Å². The predicted molar refractivity (Wildman–Crippen MR) is 82.8 cm³/mol. The molecule has 0 aromatic carbocycles. The molecule has 1 atom stereocenters. The molecule has 2 fully saturated rings. The smallest absolute Gasteiger partial charge is 0.237 e. The average molecular weight is 281 g/mol. The van der Waals surface area contributed by atoms with Gasteiger partial charge in [-0.1, -0.05) is 19.3 Å². The van der Waals surface area contributed by atoms with Crippen molar-refractivity contribution in [3.8, 4) is 0 Å². The van der Waals surface area contributed by atoms with E-state index in [1.165, 1.54) is 32.1 Å². The third-order valence-electron chi connectivity index (χ3n) is 4.79. The lowest BCUT2D eigenvalue weighted by Gasteiger charge is -2.40. The molecule has 116 valence electrons. The summed E-state index contributed by atoms with van der Waals surface area (Å²) in [6, 6.07) is 1.27. The fourth-order valence-corrected chi connectivity index (χ4v) is 3.65. The second-order valence-electron chi connectivity index (χ2n) is 6.71. The van der Waals surface area contributed by atoms with Crippen molar-refractivity contribution in [2.45, 2.75) is 71.0 Å². The Morgan fingerprint density at radius 2 is 2.00 bits per heavy atom.